The van der Waals surface area contributed by atoms with E-state index in [0.29, 0.717) is 0 Å². The fraction of sp³-hybridized carbons (Fsp3) is 0.200. The predicted molar refractivity (Wildman–Crippen MR) is 52.0 cm³/mol. The molecule has 14 heavy (non-hydrogen) atoms. The van der Waals surface area contributed by atoms with Gasteiger partial charge in [-0.25, -0.2) is 9.97 Å². The molecule has 0 fully saturated rings. The first-order valence-electron chi connectivity index (χ1n) is 4.37. The summed E-state index contributed by atoms with van der Waals surface area (Å²) in [7, 11) is 0. The summed E-state index contributed by atoms with van der Waals surface area (Å²) < 4.78 is 1.89. The lowest BCUT2D eigenvalue weighted by Crippen LogP contribution is -1.98. The number of imidazole rings is 1. The average Bonchev–Trinajstić information content (AvgIpc) is 2.65. The third-order valence-corrected chi connectivity index (χ3v) is 2.06. The zero-order valence-corrected chi connectivity index (χ0v) is 7.88. The maximum atomic E-state index is 8.85. The Morgan fingerprint density at radius 2 is 2.21 bits per heavy atom. The van der Waals surface area contributed by atoms with Crippen molar-refractivity contribution in [2.24, 2.45) is 0 Å². The van der Waals surface area contributed by atoms with Crippen molar-refractivity contribution in [1.82, 2.24) is 14.5 Å². The zero-order chi connectivity index (χ0) is 9.97. The van der Waals surface area contributed by atoms with E-state index in [1.54, 1.807) is 12.4 Å². The van der Waals surface area contributed by atoms with E-state index in [0.717, 1.165) is 17.2 Å². The highest BCUT2D eigenvalue weighted by molar-refractivity contribution is 5.26. The molecule has 0 atom stereocenters. The van der Waals surface area contributed by atoms with Crippen LogP contribution in [0.4, 0.5) is 0 Å². The molecule has 0 aromatic carbocycles. The van der Waals surface area contributed by atoms with Gasteiger partial charge in [0.05, 0.1) is 6.61 Å². The third kappa shape index (κ3) is 1.52. The normalized spacial score (nSPS) is 10.4. The molecule has 0 radical (unpaired) electrons. The lowest BCUT2D eigenvalue weighted by Gasteiger charge is -2.03. The number of aromatic nitrogens is 3. The van der Waals surface area contributed by atoms with Gasteiger partial charge in [0.2, 0.25) is 0 Å². The maximum absolute atomic E-state index is 8.85. The minimum Gasteiger partial charge on any atom is -0.392 e. The molecule has 1 N–H and O–H groups in total. The minimum atomic E-state index is 0.0240. The summed E-state index contributed by atoms with van der Waals surface area (Å²) in [6.45, 7) is 1.94. The molecular formula is C10H11N3O. The van der Waals surface area contributed by atoms with Gasteiger partial charge in [-0.2, -0.15) is 0 Å². The van der Waals surface area contributed by atoms with Crippen LogP contribution in [0.15, 0.2) is 30.7 Å². The van der Waals surface area contributed by atoms with Crippen molar-refractivity contribution < 1.29 is 5.11 Å². The molecule has 4 nitrogen and oxygen atoms in total. The Balaban J connectivity index is 2.39. The number of aryl methyl sites for hydroxylation is 1. The topological polar surface area (TPSA) is 50.9 Å². The van der Waals surface area contributed by atoms with E-state index in [4.69, 9.17) is 5.11 Å². The van der Waals surface area contributed by atoms with Crippen LogP contribution >= 0.6 is 0 Å². The van der Waals surface area contributed by atoms with E-state index in [9.17, 15) is 0 Å². The van der Waals surface area contributed by atoms with Gasteiger partial charge >= 0.3 is 0 Å². The van der Waals surface area contributed by atoms with Crippen LogP contribution in [0, 0.1) is 6.92 Å². The van der Waals surface area contributed by atoms with Crippen LogP contribution in [0.2, 0.25) is 0 Å². The number of aliphatic hydroxyl groups is 1. The smallest absolute Gasteiger partial charge is 0.137 e. The number of nitrogens with zero attached hydrogens (tertiary/aromatic N) is 3. The lowest BCUT2D eigenvalue weighted by atomic mass is 10.3. The van der Waals surface area contributed by atoms with Crippen LogP contribution < -0.4 is 0 Å². The molecule has 0 spiro atoms. The Kier molecular flexibility index (Phi) is 2.28. The van der Waals surface area contributed by atoms with E-state index in [-0.39, 0.29) is 6.61 Å². The monoisotopic (exact) mass is 189 g/mol. The van der Waals surface area contributed by atoms with E-state index in [1.165, 1.54) is 0 Å². The zero-order valence-electron chi connectivity index (χ0n) is 7.88. The second-order valence-corrected chi connectivity index (χ2v) is 3.03. The molecule has 0 bridgehead atoms. The number of hydrogen-bond acceptors (Lipinski definition) is 3. The molecule has 72 valence electrons. The molecular weight excluding hydrogens is 178 g/mol. The van der Waals surface area contributed by atoms with Crippen molar-refractivity contribution in [3.63, 3.8) is 0 Å². The van der Waals surface area contributed by atoms with Crippen LogP contribution in [0.1, 0.15) is 11.4 Å². The summed E-state index contributed by atoms with van der Waals surface area (Å²) >= 11 is 0. The molecule has 0 saturated carbocycles. The van der Waals surface area contributed by atoms with Crippen LogP contribution in [0.5, 0.6) is 0 Å². The molecule has 0 aliphatic rings. The van der Waals surface area contributed by atoms with E-state index >= 15 is 0 Å². The number of pyridine rings is 1. The SMILES string of the molecule is Cc1nccn1-c1ccc(CO)cn1. The quantitative estimate of drug-likeness (QED) is 0.768. The van der Waals surface area contributed by atoms with Crippen LogP contribution in [-0.4, -0.2) is 19.6 Å². The standard InChI is InChI=1S/C10H11N3O/c1-8-11-4-5-13(8)10-3-2-9(7-14)6-12-10/h2-6,14H,7H2,1H3. The molecule has 0 unspecified atom stereocenters. The Morgan fingerprint density at radius 3 is 2.71 bits per heavy atom. The molecule has 0 amide bonds. The van der Waals surface area contributed by atoms with Gasteiger partial charge in [0.1, 0.15) is 11.6 Å². The summed E-state index contributed by atoms with van der Waals surface area (Å²) in [4.78, 5) is 8.32. The minimum absolute atomic E-state index is 0.0240. The van der Waals surface area contributed by atoms with Gasteiger partial charge in [0.25, 0.3) is 0 Å². The molecule has 4 heteroatoms. The molecule has 0 saturated heterocycles. The molecule has 2 aromatic rings. The number of hydrogen-bond donors (Lipinski definition) is 1. The molecule has 2 rings (SSSR count). The van der Waals surface area contributed by atoms with Crippen molar-refractivity contribution >= 4 is 0 Å². The van der Waals surface area contributed by atoms with Crippen molar-refractivity contribution in [3.8, 4) is 5.82 Å². The molecule has 0 aliphatic heterocycles. The van der Waals surface area contributed by atoms with E-state index < -0.39 is 0 Å². The molecule has 2 heterocycles. The maximum Gasteiger partial charge on any atom is 0.137 e. The number of aliphatic hydroxyl groups excluding tert-OH is 1. The van der Waals surface area contributed by atoms with Crippen molar-refractivity contribution in [3.05, 3.63) is 42.1 Å². The van der Waals surface area contributed by atoms with Gasteiger partial charge in [-0.1, -0.05) is 6.07 Å². The lowest BCUT2D eigenvalue weighted by molar-refractivity contribution is 0.281. The summed E-state index contributed by atoms with van der Waals surface area (Å²) in [5.41, 5.74) is 0.812. The van der Waals surface area contributed by atoms with Crippen LogP contribution in [-0.2, 0) is 6.61 Å². The molecule has 2 aromatic heterocycles. The third-order valence-electron chi connectivity index (χ3n) is 2.06. The van der Waals surface area contributed by atoms with Gasteiger partial charge in [0.15, 0.2) is 0 Å². The van der Waals surface area contributed by atoms with Crippen molar-refractivity contribution in [2.75, 3.05) is 0 Å². The highest BCUT2D eigenvalue weighted by atomic mass is 16.3. The van der Waals surface area contributed by atoms with E-state index in [1.807, 2.05) is 29.8 Å². The van der Waals surface area contributed by atoms with Gasteiger partial charge in [-0.05, 0) is 18.6 Å². The highest BCUT2D eigenvalue weighted by Crippen LogP contribution is 2.07. The fourth-order valence-corrected chi connectivity index (χ4v) is 1.27. The summed E-state index contributed by atoms with van der Waals surface area (Å²) in [6, 6.07) is 3.71. The number of rotatable bonds is 2. The first-order valence-corrected chi connectivity index (χ1v) is 4.37. The van der Waals surface area contributed by atoms with Gasteiger partial charge in [0, 0.05) is 18.6 Å². The largest absolute Gasteiger partial charge is 0.392 e. The predicted octanol–water partition coefficient (Wildman–Crippen LogP) is 1.07. The first kappa shape index (κ1) is 8.90. The Bertz CT molecular complexity index is 419. The van der Waals surface area contributed by atoms with Gasteiger partial charge < -0.3 is 5.11 Å². The second-order valence-electron chi connectivity index (χ2n) is 3.03. The summed E-state index contributed by atoms with van der Waals surface area (Å²) in [5, 5.41) is 8.85. The summed E-state index contributed by atoms with van der Waals surface area (Å²) in [6.07, 6.45) is 5.25. The summed E-state index contributed by atoms with van der Waals surface area (Å²) in [5.74, 6) is 1.71. The van der Waals surface area contributed by atoms with E-state index in [2.05, 4.69) is 9.97 Å². The fourth-order valence-electron chi connectivity index (χ4n) is 1.27. The van der Waals surface area contributed by atoms with Gasteiger partial charge in [-0.3, -0.25) is 4.57 Å². The van der Waals surface area contributed by atoms with Crippen LogP contribution in [0.3, 0.4) is 0 Å². The second kappa shape index (κ2) is 3.59. The Labute approximate surface area is 81.9 Å². The van der Waals surface area contributed by atoms with Crippen molar-refractivity contribution in [1.29, 1.82) is 0 Å². The highest BCUT2D eigenvalue weighted by Gasteiger charge is 2.00. The first-order chi connectivity index (χ1) is 6.81. The average molecular weight is 189 g/mol. The Hall–Kier alpha value is -1.68. The van der Waals surface area contributed by atoms with Gasteiger partial charge in [-0.15, -0.1) is 0 Å². The molecule has 0 aliphatic carbocycles. The van der Waals surface area contributed by atoms with Crippen molar-refractivity contribution in [2.45, 2.75) is 13.5 Å². The van der Waals surface area contributed by atoms with Crippen LogP contribution in [0.25, 0.3) is 5.82 Å². The Morgan fingerprint density at radius 1 is 1.36 bits per heavy atom.